The van der Waals surface area contributed by atoms with E-state index in [1.165, 1.54) is 11.3 Å². The molecule has 1 aliphatic heterocycles. The molecule has 162 valence electrons. The van der Waals surface area contributed by atoms with Crippen molar-refractivity contribution in [1.82, 2.24) is 14.8 Å². The van der Waals surface area contributed by atoms with Crippen LogP contribution in [0, 0.1) is 6.92 Å². The lowest BCUT2D eigenvalue weighted by atomic mass is 10.1. The number of nitrogens with zero attached hydrogens (tertiary/aromatic N) is 3. The lowest BCUT2D eigenvalue weighted by molar-refractivity contribution is -0.118. The van der Waals surface area contributed by atoms with Crippen molar-refractivity contribution in [2.75, 3.05) is 18.7 Å². The summed E-state index contributed by atoms with van der Waals surface area (Å²) in [7, 11) is 0. The first-order valence-corrected chi connectivity index (χ1v) is 10.9. The SMILES string of the molecule is Cc1cc(NC(=O)COc2ccc(Cl)cc2)n(-c2nc(-c3ccc4c(c3)OCO4)cs2)n1. The maximum Gasteiger partial charge on any atom is 0.263 e. The van der Waals surface area contributed by atoms with Crippen molar-refractivity contribution in [2.45, 2.75) is 6.92 Å². The number of thiazole rings is 1. The van der Waals surface area contributed by atoms with E-state index in [1.54, 1.807) is 35.0 Å². The number of fused-ring (bicyclic) bond motifs is 1. The van der Waals surface area contributed by atoms with E-state index < -0.39 is 0 Å². The molecule has 1 aliphatic rings. The molecular formula is C22H17ClN4O4S. The van der Waals surface area contributed by atoms with Crippen LogP contribution in [0.5, 0.6) is 17.2 Å². The van der Waals surface area contributed by atoms with E-state index in [4.69, 9.17) is 25.8 Å². The smallest absolute Gasteiger partial charge is 0.263 e. The fourth-order valence-corrected chi connectivity index (χ4v) is 4.06. The molecule has 0 unspecified atom stereocenters. The molecule has 2 aromatic heterocycles. The predicted octanol–water partition coefficient (Wildman–Crippen LogP) is 4.70. The minimum Gasteiger partial charge on any atom is -0.484 e. The Morgan fingerprint density at radius 1 is 1.19 bits per heavy atom. The Hall–Kier alpha value is -3.56. The van der Waals surface area contributed by atoms with Gasteiger partial charge in [-0.15, -0.1) is 11.3 Å². The van der Waals surface area contributed by atoms with Gasteiger partial charge in [0.2, 0.25) is 11.9 Å². The van der Waals surface area contributed by atoms with Gasteiger partial charge in [0, 0.05) is 22.0 Å². The molecule has 8 nitrogen and oxygen atoms in total. The third-order valence-electron chi connectivity index (χ3n) is 4.62. The van der Waals surface area contributed by atoms with Gasteiger partial charge in [-0.1, -0.05) is 11.6 Å². The first-order chi connectivity index (χ1) is 15.5. The summed E-state index contributed by atoms with van der Waals surface area (Å²) < 4.78 is 17.9. The van der Waals surface area contributed by atoms with E-state index in [9.17, 15) is 4.79 Å². The molecule has 0 atom stereocenters. The third-order valence-corrected chi connectivity index (χ3v) is 5.69. The molecule has 0 radical (unpaired) electrons. The summed E-state index contributed by atoms with van der Waals surface area (Å²) in [6, 6.07) is 14.3. The predicted molar refractivity (Wildman–Crippen MR) is 121 cm³/mol. The second kappa shape index (κ2) is 8.52. The van der Waals surface area contributed by atoms with E-state index >= 15 is 0 Å². The van der Waals surface area contributed by atoms with Gasteiger partial charge in [0.25, 0.3) is 5.91 Å². The van der Waals surface area contributed by atoms with Crippen molar-refractivity contribution in [3.8, 4) is 33.6 Å². The molecule has 32 heavy (non-hydrogen) atoms. The molecule has 5 rings (SSSR count). The van der Waals surface area contributed by atoms with Crippen LogP contribution in [0.4, 0.5) is 5.82 Å². The van der Waals surface area contributed by atoms with Crippen LogP contribution in [0.2, 0.25) is 5.02 Å². The maximum absolute atomic E-state index is 12.4. The molecule has 2 aromatic carbocycles. The highest BCUT2D eigenvalue weighted by atomic mass is 35.5. The van der Waals surface area contributed by atoms with E-state index in [2.05, 4.69) is 15.4 Å². The first-order valence-electron chi connectivity index (χ1n) is 9.66. The monoisotopic (exact) mass is 468 g/mol. The second-order valence-corrected chi connectivity index (χ2v) is 8.23. The van der Waals surface area contributed by atoms with Crippen LogP contribution >= 0.6 is 22.9 Å². The van der Waals surface area contributed by atoms with Gasteiger partial charge < -0.3 is 19.5 Å². The van der Waals surface area contributed by atoms with Gasteiger partial charge in [0.1, 0.15) is 11.6 Å². The van der Waals surface area contributed by atoms with Crippen molar-refractivity contribution in [2.24, 2.45) is 0 Å². The van der Waals surface area contributed by atoms with Gasteiger partial charge in [0.15, 0.2) is 18.1 Å². The average Bonchev–Trinajstić information content (AvgIpc) is 3.52. The average molecular weight is 469 g/mol. The summed E-state index contributed by atoms with van der Waals surface area (Å²) in [5.74, 6) is 2.17. The number of anilines is 1. The molecular weight excluding hydrogens is 452 g/mol. The molecule has 1 N–H and O–H groups in total. The van der Waals surface area contributed by atoms with Gasteiger partial charge in [-0.25, -0.2) is 4.98 Å². The Kier molecular flexibility index (Phi) is 5.42. The Labute approximate surface area is 192 Å². The van der Waals surface area contributed by atoms with E-state index in [0.717, 1.165) is 22.7 Å². The molecule has 0 saturated heterocycles. The highest BCUT2D eigenvalue weighted by molar-refractivity contribution is 7.12. The fraction of sp³-hybridized carbons (Fsp3) is 0.136. The largest absolute Gasteiger partial charge is 0.484 e. The standard InChI is InChI=1S/C22H17ClN4O4S/c1-13-8-20(25-21(28)10-29-16-5-3-15(23)4-6-16)27(26-13)22-24-17(11-32-22)14-2-7-18-19(9-14)31-12-30-18/h2-9,11H,10,12H2,1H3,(H,25,28). The molecule has 3 heterocycles. The molecule has 10 heteroatoms. The Bertz CT molecular complexity index is 1290. The number of ether oxygens (including phenoxy) is 3. The van der Waals surface area contributed by atoms with E-state index in [-0.39, 0.29) is 19.3 Å². The summed E-state index contributed by atoms with van der Waals surface area (Å²) in [5.41, 5.74) is 2.43. The van der Waals surface area contributed by atoms with Gasteiger partial charge in [-0.05, 0) is 49.4 Å². The maximum atomic E-state index is 12.4. The zero-order valence-electron chi connectivity index (χ0n) is 16.9. The van der Waals surface area contributed by atoms with Crippen LogP contribution in [0.25, 0.3) is 16.4 Å². The van der Waals surface area contributed by atoms with E-state index in [0.29, 0.717) is 27.5 Å². The third kappa shape index (κ3) is 4.25. The number of hydrogen-bond donors (Lipinski definition) is 1. The zero-order chi connectivity index (χ0) is 22.1. The number of aromatic nitrogens is 3. The minimum atomic E-state index is -0.311. The number of amides is 1. The number of nitrogens with one attached hydrogen (secondary N) is 1. The number of aryl methyl sites for hydroxylation is 1. The number of benzene rings is 2. The van der Waals surface area contributed by atoms with Crippen LogP contribution in [-0.4, -0.2) is 34.1 Å². The number of carbonyl (C=O) groups excluding carboxylic acids is 1. The summed E-state index contributed by atoms with van der Waals surface area (Å²) in [6.07, 6.45) is 0. The fourth-order valence-electron chi connectivity index (χ4n) is 3.14. The van der Waals surface area contributed by atoms with Crippen molar-refractivity contribution >= 4 is 34.7 Å². The number of carbonyl (C=O) groups is 1. The Morgan fingerprint density at radius 3 is 2.84 bits per heavy atom. The van der Waals surface area contributed by atoms with Gasteiger partial charge in [-0.2, -0.15) is 9.78 Å². The molecule has 0 fully saturated rings. The van der Waals surface area contributed by atoms with Crippen molar-refractivity contribution in [3.63, 3.8) is 0 Å². The molecule has 1 amide bonds. The number of hydrogen-bond acceptors (Lipinski definition) is 7. The lowest BCUT2D eigenvalue weighted by Crippen LogP contribution is -2.21. The van der Waals surface area contributed by atoms with E-state index in [1.807, 2.05) is 30.5 Å². The molecule has 0 bridgehead atoms. The first kappa shape index (κ1) is 20.3. The van der Waals surface area contributed by atoms with Crippen LogP contribution in [-0.2, 0) is 4.79 Å². The van der Waals surface area contributed by atoms with Crippen LogP contribution in [0.1, 0.15) is 5.69 Å². The molecule has 4 aromatic rings. The van der Waals surface area contributed by atoms with Crippen molar-refractivity contribution < 1.29 is 19.0 Å². The van der Waals surface area contributed by atoms with Crippen molar-refractivity contribution in [3.05, 3.63) is 64.6 Å². The van der Waals surface area contributed by atoms with Crippen LogP contribution in [0.15, 0.2) is 53.9 Å². The normalized spacial score (nSPS) is 12.1. The molecule has 0 aliphatic carbocycles. The van der Waals surface area contributed by atoms with Gasteiger partial charge >= 0.3 is 0 Å². The zero-order valence-corrected chi connectivity index (χ0v) is 18.4. The number of halogens is 1. The quantitative estimate of drug-likeness (QED) is 0.441. The van der Waals surface area contributed by atoms with Gasteiger partial charge in [-0.3, -0.25) is 4.79 Å². The highest BCUT2D eigenvalue weighted by Gasteiger charge is 2.17. The molecule has 0 spiro atoms. The number of rotatable bonds is 6. The van der Waals surface area contributed by atoms with Crippen molar-refractivity contribution in [1.29, 1.82) is 0 Å². The van der Waals surface area contributed by atoms with Crippen LogP contribution < -0.4 is 19.5 Å². The lowest BCUT2D eigenvalue weighted by Gasteiger charge is -2.08. The highest BCUT2D eigenvalue weighted by Crippen LogP contribution is 2.36. The Morgan fingerprint density at radius 2 is 2.00 bits per heavy atom. The summed E-state index contributed by atoms with van der Waals surface area (Å²) in [4.78, 5) is 17.1. The van der Waals surface area contributed by atoms with Gasteiger partial charge in [0.05, 0.1) is 11.4 Å². The minimum absolute atomic E-state index is 0.147. The summed E-state index contributed by atoms with van der Waals surface area (Å²) >= 11 is 7.28. The Balaban J connectivity index is 1.31. The summed E-state index contributed by atoms with van der Waals surface area (Å²) in [6.45, 7) is 1.92. The van der Waals surface area contributed by atoms with Crippen LogP contribution in [0.3, 0.4) is 0 Å². The second-order valence-electron chi connectivity index (χ2n) is 6.96. The topological polar surface area (TPSA) is 87.5 Å². The summed E-state index contributed by atoms with van der Waals surface area (Å²) in [5, 5.41) is 10.5. The molecule has 0 saturated carbocycles.